The molecular weight excluding hydrogens is 615 g/mol. The van der Waals surface area contributed by atoms with Crippen LogP contribution in [0.15, 0.2) is 89.2 Å². The zero-order valence-corrected chi connectivity index (χ0v) is 22.6. The molecule has 0 aliphatic rings. The van der Waals surface area contributed by atoms with E-state index in [1.165, 1.54) is 27.6 Å². The first-order valence-electron chi connectivity index (χ1n) is 11.5. The minimum Gasteiger partial charge on any atom is -0.512 e. The van der Waals surface area contributed by atoms with Gasteiger partial charge in [0.1, 0.15) is 0 Å². The molecule has 1 N–H and O–H groups in total. The van der Waals surface area contributed by atoms with Crippen LogP contribution >= 0.6 is 0 Å². The maximum absolute atomic E-state index is 11.0. The summed E-state index contributed by atoms with van der Waals surface area (Å²) in [5.41, 5.74) is 2.60. The monoisotopic (exact) mass is 643 g/mol. The number of para-hydroxylation sites is 1. The van der Waals surface area contributed by atoms with Crippen LogP contribution in [0.25, 0.3) is 43.8 Å². The van der Waals surface area contributed by atoms with Crippen molar-refractivity contribution in [3.8, 4) is 11.3 Å². The van der Waals surface area contributed by atoms with E-state index in [0.29, 0.717) is 0 Å². The van der Waals surface area contributed by atoms with Crippen LogP contribution < -0.4 is 0 Å². The van der Waals surface area contributed by atoms with Crippen molar-refractivity contribution in [1.29, 1.82) is 0 Å². The van der Waals surface area contributed by atoms with E-state index in [2.05, 4.69) is 53.7 Å². The minimum atomic E-state index is -0.0316. The summed E-state index contributed by atoms with van der Waals surface area (Å²) >= 11 is 0. The van der Waals surface area contributed by atoms with Crippen molar-refractivity contribution < 1.29 is 34.5 Å². The molecule has 4 aromatic carbocycles. The van der Waals surface area contributed by atoms with Crippen LogP contribution in [-0.2, 0) is 24.9 Å². The molecule has 0 bridgehead atoms. The number of aliphatic hydroxyl groups is 1. The molecule has 0 spiro atoms. The number of aromatic nitrogens is 1. The number of hydrogen-bond acceptors (Lipinski definition) is 4. The zero-order chi connectivity index (χ0) is 24.2. The van der Waals surface area contributed by atoms with Crippen molar-refractivity contribution in [3.05, 3.63) is 90.7 Å². The Hall–Kier alpha value is -3.27. The van der Waals surface area contributed by atoms with Crippen molar-refractivity contribution in [2.24, 2.45) is 11.8 Å². The molecule has 181 valence electrons. The maximum atomic E-state index is 11.0. The van der Waals surface area contributed by atoms with E-state index in [-0.39, 0.29) is 43.5 Å². The van der Waals surface area contributed by atoms with Gasteiger partial charge >= 0.3 is 0 Å². The second-order valence-corrected chi connectivity index (χ2v) is 8.98. The Labute approximate surface area is 219 Å². The fourth-order valence-electron chi connectivity index (χ4n) is 3.57. The quantitative estimate of drug-likeness (QED) is 0.0937. The van der Waals surface area contributed by atoms with E-state index in [9.17, 15) is 9.90 Å². The van der Waals surface area contributed by atoms with Crippen LogP contribution in [0.2, 0.25) is 0 Å². The molecule has 0 unspecified atom stereocenters. The molecule has 0 saturated carbocycles. The number of nitrogens with zero attached hydrogens (tertiary/aromatic N) is 1. The fraction of sp³-hybridized carbons (Fsp3) is 0.200. The van der Waals surface area contributed by atoms with Crippen molar-refractivity contribution >= 4 is 38.3 Å². The number of carbonyl (C=O) groups is 1. The summed E-state index contributed by atoms with van der Waals surface area (Å²) in [5.74, 6) is 0.161. The molecule has 0 fully saturated rings. The summed E-state index contributed by atoms with van der Waals surface area (Å²) in [4.78, 5) is 11.0. The van der Waals surface area contributed by atoms with Crippen molar-refractivity contribution in [1.82, 2.24) is 5.16 Å². The second-order valence-electron chi connectivity index (χ2n) is 8.98. The molecule has 0 aliphatic heterocycles. The third-order valence-corrected chi connectivity index (χ3v) is 5.72. The van der Waals surface area contributed by atoms with E-state index in [1.54, 1.807) is 0 Å². The fourth-order valence-corrected chi connectivity index (χ4v) is 3.57. The number of hydrogen-bond donors (Lipinski definition) is 1. The number of rotatable bonds is 4. The largest absolute Gasteiger partial charge is 0.512 e. The Kier molecular flexibility index (Phi) is 8.61. The van der Waals surface area contributed by atoms with Crippen molar-refractivity contribution in [2.45, 2.75) is 27.7 Å². The minimum absolute atomic E-state index is 0. The average Bonchev–Trinajstić information content (AvgIpc) is 3.27. The van der Waals surface area contributed by atoms with Crippen LogP contribution in [0, 0.1) is 17.9 Å². The van der Waals surface area contributed by atoms with Crippen LogP contribution in [0.3, 0.4) is 0 Å². The summed E-state index contributed by atoms with van der Waals surface area (Å²) in [5, 5.41) is 19.3. The molecule has 0 atom stereocenters. The van der Waals surface area contributed by atoms with E-state index < -0.39 is 0 Å². The summed E-state index contributed by atoms with van der Waals surface area (Å²) in [6.07, 6.45) is 1.31. The number of fused-ring (bicyclic) bond motifs is 3. The maximum Gasteiger partial charge on any atom is 0.161 e. The molecule has 1 aromatic heterocycles. The molecular formula is C30H28IrNO3-. The van der Waals surface area contributed by atoms with E-state index in [4.69, 9.17) is 4.52 Å². The van der Waals surface area contributed by atoms with Crippen molar-refractivity contribution in [2.75, 3.05) is 0 Å². The van der Waals surface area contributed by atoms with Gasteiger partial charge in [0.25, 0.3) is 0 Å². The molecule has 1 radical (unpaired) electrons. The Morgan fingerprint density at radius 3 is 2.17 bits per heavy atom. The van der Waals surface area contributed by atoms with E-state index in [0.717, 1.165) is 22.2 Å². The molecule has 1 heterocycles. The topological polar surface area (TPSA) is 63.3 Å². The first-order chi connectivity index (χ1) is 16.3. The van der Waals surface area contributed by atoms with Crippen LogP contribution in [-0.4, -0.2) is 16.0 Å². The van der Waals surface area contributed by atoms with Gasteiger partial charge in [-0.05, 0) is 16.8 Å². The first-order valence-corrected chi connectivity index (χ1v) is 11.5. The molecule has 5 rings (SSSR count). The summed E-state index contributed by atoms with van der Waals surface area (Å²) < 4.78 is 5.42. The molecule has 0 saturated heterocycles. The van der Waals surface area contributed by atoms with Gasteiger partial charge in [-0.25, -0.2) is 0 Å². The smallest absolute Gasteiger partial charge is 0.161 e. The van der Waals surface area contributed by atoms with Crippen LogP contribution in [0.1, 0.15) is 27.7 Å². The van der Waals surface area contributed by atoms with Gasteiger partial charge in [0.15, 0.2) is 11.4 Å². The van der Waals surface area contributed by atoms with Gasteiger partial charge in [0.05, 0.1) is 5.76 Å². The third kappa shape index (κ3) is 6.05. The predicted molar refractivity (Wildman–Crippen MR) is 139 cm³/mol. The Bertz CT molecular complexity index is 1500. The van der Waals surface area contributed by atoms with Gasteiger partial charge in [-0.2, -0.15) is 0 Å². The van der Waals surface area contributed by atoms with Crippen LogP contribution in [0.5, 0.6) is 0 Å². The average molecular weight is 643 g/mol. The van der Waals surface area contributed by atoms with Gasteiger partial charge in [-0.3, -0.25) is 4.79 Å². The molecule has 0 aliphatic carbocycles. The van der Waals surface area contributed by atoms with Gasteiger partial charge in [-0.1, -0.05) is 87.7 Å². The Morgan fingerprint density at radius 1 is 0.886 bits per heavy atom. The number of benzene rings is 4. The number of carbonyl (C=O) groups excluding carboxylic acids is 1. The normalized spacial score (nSPS) is 11.5. The molecule has 5 heteroatoms. The first kappa shape index (κ1) is 26.3. The molecule has 4 nitrogen and oxygen atoms in total. The summed E-state index contributed by atoms with van der Waals surface area (Å²) in [6.45, 7) is 7.32. The van der Waals surface area contributed by atoms with Crippen LogP contribution in [0.4, 0.5) is 0 Å². The molecule has 35 heavy (non-hydrogen) atoms. The Morgan fingerprint density at radius 2 is 1.51 bits per heavy atom. The Balaban J connectivity index is 0.000000247. The zero-order valence-electron chi connectivity index (χ0n) is 20.2. The summed E-state index contributed by atoms with van der Waals surface area (Å²) in [6, 6.07) is 28.2. The number of ketones is 1. The third-order valence-electron chi connectivity index (χ3n) is 5.72. The van der Waals surface area contributed by atoms with Gasteiger partial charge in [0.2, 0.25) is 0 Å². The number of allylic oxidation sites excluding steroid dienone is 2. The van der Waals surface area contributed by atoms with Gasteiger partial charge < -0.3 is 9.63 Å². The second kappa shape index (κ2) is 11.4. The number of aliphatic hydroxyl groups excluding tert-OH is 1. The molecule has 5 aromatic rings. The standard InChI is InChI=1S/C21H12NO.C9H16O2.Ir/c1-2-6-15-12-18-13-17(10-9-16(18)11-14(15)5-1)21-19-7-3-4-8-20(19)23-22-21;1-6(2)8(10)5-9(11)7(3)4;/h1-9,11-13H;5-7,10H,1-4H3;/q-1;;/b;8-5-;. The summed E-state index contributed by atoms with van der Waals surface area (Å²) in [7, 11) is 0. The predicted octanol–water partition coefficient (Wildman–Crippen LogP) is 7.91. The van der Waals surface area contributed by atoms with Gasteiger partial charge in [0, 0.05) is 49.1 Å². The van der Waals surface area contributed by atoms with E-state index >= 15 is 0 Å². The SMILES string of the molecule is CC(C)C(=O)/C=C(\O)C(C)C.[Ir].[c-]1cc2cc3ccccc3cc2cc1-c1noc2ccccc12. The molecule has 0 amide bonds. The van der Waals surface area contributed by atoms with Gasteiger partial charge in [-0.15, -0.1) is 34.3 Å². The van der Waals surface area contributed by atoms with E-state index in [1.807, 2.05) is 58.0 Å². The van der Waals surface area contributed by atoms with Crippen molar-refractivity contribution in [3.63, 3.8) is 0 Å².